The Bertz CT molecular complexity index is 668. The number of aromatic nitrogens is 4. The molecule has 1 aliphatic carbocycles. The number of imidazole rings is 1. The van der Waals surface area contributed by atoms with E-state index in [1.165, 1.54) is 32.1 Å². The molecule has 0 bridgehead atoms. The van der Waals surface area contributed by atoms with Gasteiger partial charge in [0.1, 0.15) is 5.52 Å². The molecule has 2 aliphatic rings. The molecule has 0 aromatic carbocycles. The molecule has 1 saturated carbocycles. The number of nitrogens with zero attached hydrogens (tertiary/aromatic N) is 4. The van der Waals surface area contributed by atoms with E-state index in [4.69, 9.17) is 11.6 Å². The summed E-state index contributed by atoms with van der Waals surface area (Å²) in [6, 6.07) is 0.518. The molecule has 2 aromatic heterocycles. The van der Waals surface area contributed by atoms with Gasteiger partial charge in [-0.05, 0) is 12.3 Å². The first-order chi connectivity index (χ1) is 9.72. The summed E-state index contributed by atoms with van der Waals surface area (Å²) in [5.41, 5.74) is 1.67. The molecule has 4 rings (SSSR count). The fourth-order valence-corrected chi connectivity index (χ4v) is 5.35. The van der Waals surface area contributed by atoms with E-state index in [2.05, 4.69) is 42.1 Å². The quantitative estimate of drug-likeness (QED) is 0.412. The molecule has 0 spiro atoms. The Morgan fingerprint density at radius 1 is 1.25 bits per heavy atom. The Hall–Kier alpha value is -0.0800. The molecule has 1 fully saturated rings. The number of halogens is 2. The van der Waals surface area contributed by atoms with E-state index in [0.717, 1.165) is 28.0 Å². The fraction of sp³-hybridized carbons (Fsp3) is 0.615. The lowest BCUT2D eigenvalue weighted by Crippen LogP contribution is -2.11. The molecule has 3 heterocycles. The fourth-order valence-electron chi connectivity index (χ4n) is 3.38. The molecular weight excluding hydrogens is 407 g/mol. The van der Waals surface area contributed by atoms with Gasteiger partial charge in [0.2, 0.25) is 0 Å². The summed E-state index contributed by atoms with van der Waals surface area (Å²) in [5.74, 6) is 1.99. The highest BCUT2D eigenvalue weighted by atomic mass is 127. The number of hydrogen-bond donors (Lipinski definition) is 0. The van der Waals surface area contributed by atoms with E-state index < -0.39 is 0 Å². The van der Waals surface area contributed by atoms with Gasteiger partial charge in [-0.1, -0.05) is 49.0 Å². The molecule has 20 heavy (non-hydrogen) atoms. The van der Waals surface area contributed by atoms with Crippen molar-refractivity contribution in [2.75, 3.05) is 5.75 Å². The molecule has 1 atom stereocenters. The third kappa shape index (κ3) is 2.23. The molecule has 7 heteroatoms. The summed E-state index contributed by atoms with van der Waals surface area (Å²) in [6.45, 7) is 0. The van der Waals surface area contributed by atoms with Crippen LogP contribution in [0.1, 0.15) is 38.1 Å². The molecule has 2 aromatic rings. The summed E-state index contributed by atoms with van der Waals surface area (Å²) in [5, 5.41) is 1.53. The zero-order valence-corrected chi connectivity index (χ0v) is 14.6. The second-order valence-electron chi connectivity index (χ2n) is 5.57. The lowest BCUT2D eigenvalue weighted by Gasteiger charge is -2.17. The van der Waals surface area contributed by atoms with E-state index in [1.807, 2.05) is 11.8 Å². The maximum atomic E-state index is 6.21. The monoisotopic (exact) mass is 420 g/mol. The molecule has 0 amide bonds. The van der Waals surface area contributed by atoms with Gasteiger partial charge in [0.25, 0.3) is 0 Å². The Morgan fingerprint density at radius 2 is 2.05 bits per heavy atom. The van der Waals surface area contributed by atoms with Crippen LogP contribution in [-0.4, -0.2) is 25.3 Å². The molecule has 0 N–H and O–H groups in total. The van der Waals surface area contributed by atoms with Crippen LogP contribution in [0.2, 0.25) is 5.15 Å². The van der Waals surface area contributed by atoms with E-state index in [9.17, 15) is 0 Å². The maximum Gasteiger partial charge on any atom is 0.194 e. The molecule has 0 saturated heterocycles. The summed E-state index contributed by atoms with van der Waals surface area (Å²) < 4.78 is 2.99. The van der Waals surface area contributed by atoms with Crippen LogP contribution in [0.15, 0.2) is 5.16 Å². The highest BCUT2D eigenvalue weighted by Gasteiger charge is 2.31. The first-order valence-corrected chi connectivity index (χ1v) is 9.40. The Kier molecular flexibility index (Phi) is 3.58. The van der Waals surface area contributed by atoms with Gasteiger partial charge in [0.15, 0.2) is 19.8 Å². The number of thioether (sulfide) groups is 1. The van der Waals surface area contributed by atoms with Crippen LogP contribution in [-0.2, 0) is 0 Å². The van der Waals surface area contributed by atoms with Gasteiger partial charge in [0, 0.05) is 34.4 Å². The van der Waals surface area contributed by atoms with Crippen molar-refractivity contribution in [2.24, 2.45) is 5.92 Å². The highest BCUT2D eigenvalue weighted by molar-refractivity contribution is 14.1. The van der Waals surface area contributed by atoms with Crippen LogP contribution < -0.4 is 0 Å². The smallest absolute Gasteiger partial charge is 0.194 e. The van der Waals surface area contributed by atoms with E-state index in [0.29, 0.717) is 15.0 Å². The van der Waals surface area contributed by atoms with Gasteiger partial charge < -0.3 is 0 Å². The van der Waals surface area contributed by atoms with Crippen LogP contribution in [0.25, 0.3) is 11.2 Å². The minimum Gasteiger partial charge on any atom is -0.299 e. The van der Waals surface area contributed by atoms with E-state index in [-0.39, 0.29) is 0 Å². The minimum absolute atomic E-state index is 0.474. The first-order valence-electron chi connectivity index (χ1n) is 6.96. The minimum atomic E-state index is 0.474. The first kappa shape index (κ1) is 13.6. The second-order valence-corrected chi connectivity index (χ2v) is 7.88. The predicted molar refractivity (Wildman–Crippen MR) is 89.4 cm³/mol. The number of rotatable bonds is 2. The van der Waals surface area contributed by atoms with Crippen molar-refractivity contribution in [1.82, 2.24) is 19.5 Å². The van der Waals surface area contributed by atoms with Crippen LogP contribution in [0.5, 0.6) is 0 Å². The standard InChI is InChI=1S/C13H14ClIN4S/c14-10-9-11(18-12(15)17-10)19-8(6-20-13(19)16-9)5-7-3-1-2-4-7/h7-8H,1-6H2/t8-/m1/s1. The molecule has 1 aliphatic heterocycles. The average Bonchev–Trinajstić information content (AvgIpc) is 3.08. The summed E-state index contributed by atoms with van der Waals surface area (Å²) >= 11 is 10.1. The topological polar surface area (TPSA) is 43.6 Å². The van der Waals surface area contributed by atoms with Crippen molar-refractivity contribution in [3.63, 3.8) is 0 Å². The van der Waals surface area contributed by atoms with Crippen LogP contribution in [0.4, 0.5) is 0 Å². The summed E-state index contributed by atoms with van der Waals surface area (Å²) in [4.78, 5) is 13.4. The van der Waals surface area contributed by atoms with Crippen molar-refractivity contribution in [1.29, 1.82) is 0 Å². The van der Waals surface area contributed by atoms with E-state index in [1.54, 1.807) is 0 Å². The third-order valence-corrected chi connectivity index (χ3v) is 6.13. The zero-order valence-electron chi connectivity index (χ0n) is 10.9. The van der Waals surface area contributed by atoms with Crippen molar-refractivity contribution in [2.45, 2.75) is 43.3 Å². The molecular formula is C13H14ClIN4S. The third-order valence-electron chi connectivity index (χ3n) is 4.29. The summed E-state index contributed by atoms with van der Waals surface area (Å²) in [6.07, 6.45) is 6.82. The Balaban J connectivity index is 1.75. The van der Waals surface area contributed by atoms with Crippen molar-refractivity contribution < 1.29 is 0 Å². The van der Waals surface area contributed by atoms with E-state index >= 15 is 0 Å². The van der Waals surface area contributed by atoms with Gasteiger partial charge >= 0.3 is 0 Å². The van der Waals surface area contributed by atoms with Crippen molar-refractivity contribution >= 4 is 57.1 Å². The van der Waals surface area contributed by atoms with Crippen molar-refractivity contribution in [3.8, 4) is 0 Å². The maximum absolute atomic E-state index is 6.21. The highest BCUT2D eigenvalue weighted by Crippen LogP contribution is 2.42. The number of hydrogen-bond acceptors (Lipinski definition) is 4. The van der Waals surface area contributed by atoms with Gasteiger partial charge in [-0.15, -0.1) is 0 Å². The Morgan fingerprint density at radius 3 is 2.85 bits per heavy atom. The van der Waals surface area contributed by atoms with Gasteiger partial charge in [-0.3, -0.25) is 4.57 Å². The molecule has 0 unspecified atom stereocenters. The Labute approximate surface area is 140 Å². The van der Waals surface area contributed by atoms with Crippen LogP contribution in [0.3, 0.4) is 0 Å². The lowest BCUT2D eigenvalue weighted by molar-refractivity contribution is 0.394. The lowest BCUT2D eigenvalue weighted by atomic mass is 9.99. The zero-order chi connectivity index (χ0) is 13.7. The average molecular weight is 421 g/mol. The second kappa shape index (κ2) is 5.28. The van der Waals surface area contributed by atoms with Gasteiger partial charge in [-0.2, -0.15) is 0 Å². The van der Waals surface area contributed by atoms with Crippen LogP contribution >= 0.6 is 46.0 Å². The summed E-state index contributed by atoms with van der Waals surface area (Å²) in [7, 11) is 0. The molecule has 0 radical (unpaired) electrons. The van der Waals surface area contributed by atoms with Gasteiger partial charge in [0.05, 0.1) is 0 Å². The van der Waals surface area contributed by atoms with Crippen LogP contribution in [0, 0.1) is 9.75 Å². The SMILES string of the molecule is Clc1nc(I)nc2c1nc1n2[C@H](CC2CCCC2)CS1. The molecule has 4 nitrogen and oxygen atoms in total. The normalized spacial score (nSPS) is 22.8. The molecule has 106 valence electrons. The predicted octanol–water partition coefficient (Wildman–Crippen LogP) is 4.31. The van der Waals surface area contributed by atoms with Crippen molar-refractivity contribution in [3.05, 3.63) is 8.98 Å². The van der Waals surface area contributed by atoms with Gasteiger partial charge in [-0.25, -0.2) is 15.0 Å². The number of fused-ring (bicyclic) bond motifs is 3. The largest absolute Gasteiger partial charge is 0.299 e.